The summed E-state index contributed by atoms with van der Waals surface area (Å²) in [4.78, 5) is 0. The molecular formula is C9H18F3NO3S. The molecule has 0 aliphatic carbocycles. The van der Waals surface area contributed by atoms with E-state index in [1.807, 2.05) is 0 Å². The van der Waals surface area contributed by atoms with Crippen LogP contribution in [0.25, 0.3) is 0 Å². The lowest BCUT2D eigenvalue weighted by Gasteiger charge is -2.22. The predicted octanol–water partition coefficient (Wildman–Crippen LogP) is 1.66. The van der Waals surface area contributed by atoms with Gasteiger partial charge >= 0.3 is 6.18 Å². The number of hydrogen-bond acceptors (Lipinski definition) is 3. The van der Waals surface area contributed by atoms with Crippen molar-refractivity contribution in [2.75, 3.05) is 19.0 Å². The molecule has 0 unspecified atom stereocenters. The summed E-state index contributed by atoms with van der Waals surface area (Å²) in [7, 11) is -3.61. The summed E-state index contributed by atoms with van der Waals surface area (Å²) < 4.78 is 62.1. The molecule has 0 spiro atoms. The molecule has 0 aromatic heterocycles. The quantitative estimate of drug-likeness (QED) is 0.719. The molecule has 0 fully saturated rings. The molecular weight excluding hydrogens is 259 g/mol. The molecule has 0 aromatic rings. The van der Waals surface area contributed by atoms with E-state index in [-0.39, 0.29) is 25.4 Å². The van der Waals surface area contributed by atoms with Crippen molar-refractivity contribution in [1.29, 1.82) is 0 Å². The summed E-state index contributed by atoms with van der Waals surface area (Å²) in [5.41, 5.74) is -0.703. The SMILES string of the molecule is CC(C)(COCCCC(F)(F)F)CS(N)(=O)=O. The maximum absolute atomic E-state index is 11.8. The number of sulfonamides is 1. The van der Waals surface area contributed by atoms with Gasteiger partial charge in [-0.1, -0.05) is 13.8 Å². The highest BCUT2D eigenvalue weighted by molar-refractivity contribution is 7.89. The highest BCUT2D eigenvalue weighted by Crippen LogP contribution is 2.22. The van der Waals surface area contributed by atoms with Crippen molar-refractivity contribution in [3.8, 4) is 0 Å². The molecule has 0 aromatic carbocycles. The smallest absolute Gasteiger partial charge is 0.381 e. The van der Waals surface area contributed by atoms with Crippen molar-refractivity contribution in [1.82, 2.24) is 0 Å². The van der Waals surface area contributed by atoms with Crippen LogP contribution in [0.2, 0.25) is 0 Å². The van der Waals surface area contributed by atoms with E-state index in [1.165, 1.54) is 0 Å². The van der Waals surface area contributed by atoms with Crippen molar-refractivity contribution in [2.24, 2.45) is 10.6 Å². The Labute approximate surface area is 99.4 Å². The van der Waals surface area contributed by atoms with Gasteiger partial charge in [0.05, 0.1) is 12.4 Å². The van der Waals surface area contributed by atoms with Crippen LogP contribution in [0, 0.1) is 5.41 Å². The van der Waals surface area contributed by atoms with E-state index in [0.29, 0.717) is 0 Å². The van der Waals surface area contributed by atoms with Gasteiger partial charge in [-0.3, -0.25) is 0 Å². The zero-order valence-electron chi connectivity index (χ0n) is 9.88. The minimum absolute atomic E-state index is 0.0481. The number of rotatable bonds is 7. The zero-order valence-corrected chi connectivity index (χ0v) is 10.7. The van der Waals surface area contributed by atoms with Gasteiger partial charge in [0.15, 0.2) is 0 Å². The average Bonchev–Trinajstić information content (AvgIpc) is 1.95. The summed E-state index contributed by atoms with van der Waals surface area (Å²) in [6.45, 7) is 3.26. The van der Waals surface area contributed by atoms with Crippen LogP contribution in [-0.2, 0) is 14.8 Å². The first-order valence-corrected chi connectivity index (χ1v) is 6.78. The van der Waals surface area contributed by atoms with Crippen LogP contribution in [0.3, 0.4) is 0 Å². The number of hydrogen-bond donors (Lipinski definition) is 1. The van der Waals surface area contributed by atoms with Gasteiger partial charge in [-0.15, -0.1) is 0 Å². The van der Waals surface area contributed by atoms with Crippen LogP contribution in [-0.4, -0.2) is 33.6 Å². The lowest BCUT2D eigenvalue weighted by atomic mass is 9.98. The molecule has 0 atom stereocenters. The fourth-order valence-corrected chi connectivity index (χ4v) is 2.48. The Bertz CT molecular complexity index is 325. The maximum atomic E-state index is 11.8. The Morgan fingerprint density at radius 3 is 2.18 bits per heavy atom. The molecule has 8 heteroatoms. The van der Waals surface area contributed by atoms with Gasteiger partial charge in [0.2, 0.25) is 10.0 Å². The van der Waals surface area contributed by atoms with E-state index in [9.17, 15) is 21.6 Å². The van der Waals surface area contributed by atoms with Gasteiger partial charge in [-0.05, 0) is 6.42 Å². The molecule has 0 heterocycles. The van der Waals surface area contributed by atoms with Gasteiger partial charge < -0.3 is 4.74 Å². The van der Waals surface area contributed by atoms with Crippen molar-refractivity contribution < 1.29 is 26.3 Å². The molecule has 0 amide bonds. The van der Waals surface area contributed by atoms with Crippen LogP contribution in [0.1, 0.15) is 26.7 Å². The summed E-state index contributed by atoms with van der Waals surface area (Å²) in [6, 6.07) is 0. The van der Waals surface area contributed by atoms with Crippen LogP contribution >= 0.6 is 0 Å². The highest BCUT2D eigenvalue weighted by atomic mass is 32.2. The standard InChI is InChI=1S/C9H18F3NO3S/c1-8(2,7-17(13,14)15)6-16-5-3-4-9(10,11)12/h3-7H2,1-2H3,(H2,13,14,15). The molecule has 104 valence electrons. The first kappa shape index (κ1) is 16.7. The molecule has 0 aliphatic rings. The number of nitrogens with two attached hydrogens (primary N) is 1. The van der Waals surface area contributed by atoms with E-state index in [2.05, 4.69) is 0 Å². The number of ether oxygens (including phenoxy) is 1. The summed E-state index contributed by atoms with van der Waals surface area (Å²) in [6.07, 6.45) is -5.21. The molecule has 0 aliphatic heterocycles. The molecule has 0 rings (SSSR count). The van der Waals surface area contributed by atoms with E-state index in [0.717, 1.165) is 0 Å². The Balaban J connectivity index is 3.81. The normalized spacial score (nSPS) is 14.0. The Hall–Kier alpha value is -0.340. The largest absolute Gasteiger partial charge is 0.389 e. The van der Waals surface area contributed by atoms with Gasteiger partial charge in [-0.25, -0.2) is 13.6 Å². The van der Waals surface area contributed by atoms with Crippen molar-refractivity contribution in [3.63, 3.8) is 0 Å². The van der Waals surface area contributed by atoms with Crippen molar-refractivity contribution in [3.05, 3.63) is 0 Å². The summed E-state index contributed by atoms with van der Waals surface area (Å²) >= 11 is 0. The third-order valence-electron chi connectivity index (χ3n) is 1.83. The third kappa shape index (κ3) is 11.9. The average molecular weight is 277 g/mol. The number of alkyl halides is 3. The second kappa shape index (κ2) is 6.01. The monoisotopic (exact) mass is 277 g/mol. The summed E-state index contributed by atoms with van der Waals surface area (Å²) in [5, 5.41) is 4.88. The van der Waals surface area contributed by atoms with E-state index >= 15 is 0 Å². The van der Waals surface area contributed by atoms with Gasteiger partial charge in [0, 0.05) is 18.4 Å². The van der Waals surface area contributed by atoms with Crippen molar-refractivity contribution in [2.45, 2.75) is 32.9 Å². The van der Waals surface area contributed by atoms with Crippen LogP contribution in [0.4, 0.5) is 13.2 Å². The predicted molar refractivity (Wildman–Crippen MR) is 57.9 cm³/mol. The van der Waals surface area contributed by atoms with Crippen LogP contribution in [0.5, 0.6) is 0 Å². The van der Waals surface area contributed by atoms with Crippen molar-refractivity contribution >= 4 is 10.0 Å². The topological polar surface area (TPSA) is 69.4 Å². The minimum Gasteiger partial charge on any atom is -0.381 e. The second-order valence-electron chi connectivity index (χ2n) is 4.74. The van der Waals surface area contributed by atoms with E-state index in [1.54, 1.807) is 13.8 Å². The zero-order chi connectivity index (χ0) is 13.7. The molecule has 0 radical (unpaired) electrons. The number of primary sulfonamides is 1. The first-order valence-electron chi connectivity index (χ1n) is 5.06. The Morgan fingerprint density at radius 2 is 1.76 bits per heavy atom. The molecule has 0 saturated carbocycles. The molecule has 0 saturated heterocycles. The van der Waals surface area contributed by atoms with Gasteiger partial charge in [-0.2, -0.15) is 13.2 Å². The minimum atomic E-state index is -4.18. The lowest BCUT2D eigenvalue weighted by Crippen LogP contribution is -2.32. The molecule has 2 N–H and O–H groups in total. The summed E-state index contributed by atoms with van der Waals surface area (Å²) in [5.74, 6) is -0.265. The van der Waals surface area contributed by atoms with E-state index in [4.69, 9.17) is 9.88 Å². The van der Waals surface area contributed by atoms with Gasteiger partial charge in [0.1, 0.15) is 0 Å². The van der Waals surface area contributed by atoms with Gasteiger partial charge in [0.25, 0.3) is 0 Å². The Kier molecular flexibility index (Phi) is 5.89. The fourth-order valence-electron chi connectivity index (χ4n) is 1.31. The number of halogens is 3. The first-order chi connectivity index (χ1) is 7.41. The van der Waals surface area contributed by atoms with E-state index < -0.39 is 28.0 Å². The maximum Gasteiger partial charge on any atom is 0.389 e. The molecule has 17 heavy (non-hydrogen) atoms. The fraction of sp³-hybridized carbons (Fsp3) is 1.00. The van der Waals surface area contributed by atoms with Crippen LogP contribution in [0.15, 0.2) is 0 Å². The lowest BCUT2D eigenvalue weighted by molar-refractivity contribution is -0.138. The highest BCUT2D eigenvalue weighted by Gasteiger charge is 2.27. The van der Waals surface area contributed by atoms with Crippen LogP contribution < -0.4 is 5.14 Å². The second-order valence-corrected chi connectivity index (χ2v) is 6.36. The third-order valence-corrected chi connectivity index (χ3v) is 3.02. The molecule has 0 bridgehead atoms. The Morgan fingerprint density at radius 1 is 1.24 bits per heavy atom. The molecule has 4 nitrogen and oxygen atoms in total.